The molecular weight excluding hydrogens is 362 g/mol. The van der Waals surface area contributed by atoms with Gasteiger partial charge in [0.2, 0.25) is 10.0 Å². The monoisotopic (exact) mass is 393 g/mol. The number of nitrogens with one attached hydrogen (secondary N) is 2. The third-order valence-corrected chi connectivity index (χ3v) is 7.16. The summed E-state index contributed by atoms with van der Waals surface area (Å²) < 4.78 is 27.3. The van der Waals surface area contributed by atoms with Gasteiger partial charge in [-0.2, -0.15) is 0 Å². The topological polar surface area (TPSA) is 78.5 Å². The first-order valence-corrected chi connectivity index (χ1v) is 11.5. The molecule has 2 N–H and O–H groups in total. The first kappa shape index (κ1) is 20.3. The quantitative estimate of drug-likeness (QED) is 0.711. The van der Waals surface area contributed by atoms with E-state index in [1.807, 2.05) is 18.7 Å². The zero-order chi connectivity index (χ0) is 19.4. The van der Waals surface area contributed by atoms with E-state index >= 15 is 0 Å². The van der Waals surface area contributed by atoms with Gasteiger partial charge in [0, 0.05) is 30.7 Å². The summed E-state index contributed by atoms with van der Waals surface area (Å²) in [5.41, 5.74) is 0.543. The molecule has 2 aliphatic rings. The Bertz CT molecular complexity index is 736. The van der Waals surface area contributed by atoms with Gasteiger partial charge in [0.1, 0.15) is 0 Å². The van der Waals surface area contributed by atoms with Gasteiger partial charge in [-0.3, -0.25) is 4.79 Å². The van der Waals surface area contributed by atoms with Crippen molar-refractivity contribution in [3.63, 3.8) is 0 Å². The molecule has 1 unspecified atom stereocenters. The number of piperidine rings is 1. The molecule has 1 amide bonds. The molecule has 150 valence electrons. The lowest BCUT2D eigenvalue weighted by Gasteiger charge is -2.32. The molecule has 27 heavy (non-hydrogen) atoms. The summed E-state index contributed by atoms with van der Waals surface area (Å²) in [4.78, 5) is 14.8. The molecule has 1 aliphatic carbocycles. The number of nitrogens with zero attached hydrogens (tertiary/aromatic N) is 1. The van der Waals surface area contributed by atoms with E-state index < -0.39 is 10.0 Å². The molecule has 1 atom stereocenters. The maximum Gasteiger partial charge on any atom is 0.253 e. The van der Waals surface area contributed by atoms with Gasteiger partial charge in [-0.05, 0) is 75.8 Å². The maximum absolute atomic E-state index is 12.7. The predicted octanol–water partition coefficient (Wildman–Crippen LogP) is 2.37. The summed E-state index contributed by atoms with van der Waals surface area (Å²) >= 11 is 0. The summed E-state index contributed by atoms with van der Waals surface area (Å²) in [6, 6.07) is 6.65. The van der Waals surface area contributed by atoms with Crippen LogP contribution in [0, 0.1) is 5.92 Å². The number of sulfonamides is 1. The minimum absolute atomic E-state index is 0.0190. The third-order valence-electron chi connectivity index (χ3n) is 5.55. The zero-order valence-electron chi connectivity index (χ0n) is 16.3. The van der Waals surface area contributed by atoms with Crippen LogP contribution in [-0.2, 0) is 10.0 Å². The van der Waals surface area contributed by atoms with Gasteiger partial charge in [-0.25, -0.2) is 13.1 Å². The highest BCUT2D eigenvalue weighted by molar-refractivity contribution is 7.89. The van der Waals surface area contributed by atoms with Crippen molar-refractivity contribution in [1.29, 1.82) is 0 Å². The second-order valence-corrected chi connectivity index (χ2v) is 9.59. The van der Waals surface area contributed by atoms with E-state index in [1.165, 1.54) is 25.0 Å². The average molecular weight is 394 g/mol. The minimum atomic E-state index is -3.54. The fraction of sp³-hybridized carbons (Fsp3) is 0.650. The Hall–Kier alpha value is -1.44. The number of rotatable bonds is 8. The van der Waals surface area contributed by atoms with Crippen molar-refractivity contribution >= 4 is 15.9 Å². The first-order chi connectivity index (χ1) is 12.9. The fourth-order valence-corrected chi connectivity index (χ4v) is 4.64. The average Bonchev–Trinajstić information content (AvgIpc) is 3.50. The second kappa shape index (κ2) is 8.71. The standard InChI is InChI=1S/C20H31N3O3S/c1-3-15(2)22-27(25,26)19-8-6-17(7-9-19)20(24)23-12-10-18(11-13-23)21-14-16-4-5-16/h6-9,15-16,18,21-22H,3-5,10-14H2,1-2H3. The van der Waals surface area contributed by atoms with E-state index in [-0.39, 0.29) is 16.8 Å². The van der Waals surface area contributed by atoms with Gasteiger partial charge in [-0.15, -0.1) is 0 Å². The van der Waals surface area contributed by atoms with Gasteiger partial charge in [-0.1, -0.05) is 6.92 Å². The van der Waals surface area contributed by atoms with Crippen LogP contribution in [0.4, 0.5) is 0 Å². The summed E-state index contributed by atoms with van der Waals surface area (Å²) in [6.07, 6.45) is 5.38. The molecule has 1 saturated carbocycles. The molecule has 1 aliphatic heterocycles. The molecule has 2 fully saturated rings. The number of amides is 1. The van der Waals surface area contributed by atoms with Crippen LogP contribution in [0.1, 0.15) is 56.3 Å². The van der Waals surface area contributed by atoms with Crippen molar-refractivity contribution < 1.29 is 13.2 Å². The Balaban J connectivity index is 1.54. The number of hydrogen-bond acceptors (Lipinski definition) is 4. The van der Waals surface area contributed by atoms with Gasteiger partial charge < -0.3 is 10.2 Å². The Labute approximate surface area is 162 Å². The zero-order valence-corrected chi connectivity index (χ0v) is 17.1. The van der Waals surface area contributed by atoms with Crippen LogP contribution in [0.15, 0.2) is 29.2 Å². The lowest BCUT2D eigenvalue weighted by atomic mass is 10.0. The number of likely N-dealkylation sites (tertiary alicyclic amines) is 1. The largest absolute Gasteiger partial charge is 0.339 e. The molecule has 0 aromatic heterocycles. The molecule has 0 radical (unpaired) electrons. The predicted molar refractivity (Wildman–Crippen MR) is 106 cm³/mol. The SMILES string of the molecule is CCC(C)NS(=O)(=O)c1ccc(C(=O)N2CCC(NCC3CC3)CC2)cc1. The van der Waals surface area contributed by atoms with Crippen molar-refractivity contribution in [2.45, 2.75) is 62.9 Å². The third kappa shape index (κ3) is 5.53. The fourth-order valence-electron chi connectivity index (χ4n) is 3.32. The highest BCUT2D eigenvalue weighted by Crippen LogP contribution is 2.28. The smallest absolute Gasteiger partial charge is 0.253 e. The van der Waals surface area contributed by atoms with Crippen molar-refractivity contribution in [3.05, 3.63) is 29.8 Å². The Morgan fingerprint density at radius 3 is 2.33 bits per heavy atom. The van der Waals surface area contributed by atoms with Crippen LogP contribution in [-0.4, -0.2) is 50.9 Å². The van der Waals surface area contributed by atoms with E-state index in [1.54, 1.807) is 12.1 Å². The highest BCUT2D eigenvalue weighted by Gasteiger charge is 2.26. The van der Waals surface area contributed by atoms with Crippen molar-refractivity contribution in [1.82, 2.24) is 14.9 Å². The number of carbonyl (C=O) groups is 1. The Kier molecular flexibility index (Phi) is 6.55. The maximum atomic E-state index is 12.7. The highest BCUT2D eigenvalue weighted by atomic mass is 32.2. The number of carbonyl (C=O) groups excluding carboxylic acids is 1. The molecule has 7 heteroatoms. The first-order valence-electron chi connectivity index (χ1n) is 10.0. The number of hydrogen-bond donors (Lipinski definition) is 2. The lowest BCUT2D eigenvalue weighted by Crippen LogP contribution is -2.45. The van der Waals surface area contributed by atoms with Crippen molar-refractivity contribution in [2.24, 2.45) is 5.92 Å². The van der Waals surface area contributed by atoms with Crippen molar-refractivity contribution in [2.75, 3.05) is 19.6 Å². The minimum Gasteiger partial charge on any atom is -0.339 e. The Morgan fingerprint density at radius 2 is 1.78 bits per heavy atom. The lowest BCUT2D eigenvalue weighted by molar-refractivity contribution is 0.0705. The van der Waals surface area contributed by atoms with E-state index in [4.69, 9.17) is 0 Å². The van der Waals surface area contributed by atoms with Crippen LogP contribution in [0.2, 0.25) is 0 Å². The molecule has 1 aromatic rings. The number of benzene rings is 1. The molecule has 1 heterocycles. The summed E-state index contributed by atoms with van der Waals surface area (Å²) in [6.45, 7) is 6.37. The van der Waals surface area contributed by atoms with Gasteiger partial charge in [0.15, 0.2) is 0 Å². The van der Waals surface area contributed by atoms with Gasteiger partial charge in [0.25, 0.3) is 5.91 Å². The normalized spacial score (nSPS) is 19.9. The van der Waals surface area contributed by atoms with Crippen molar-refractivity contribution in [3.8, 4) is 0 Å². The molecule has 1 aromatic carbocycles. The summed E-state index contributed by atoms with van der Waals surface area (Å²) in [5.74, 6) is 0.851. The Morgan fingerprint density at radius 1 is 1.15 bits per heavy atom. The van der Waals surface area contributed by atoms with E-state index in [9.17, 15) is 13.2 Å². The molecule has 0 spiro atoms. The van der Waals surface area contributed by atoms with E-state index in [2.05, 4.69) is 10.0 Å². The molecule has 3 rings (SSSR count). The van der Waals surface area contributed by atoms with Gasteiger partial charge >= 0.3 is 0 Å². The van der Waals surface area contributed by atoms with E-state index in [0.717, 1.165) is 44.8 Å². The molecule has 1 saturated heterocycles. The molecule has 0 bridgehead atoms. The molecular formula is C20H31N3O3S. The summed E-state index contributed by atoms with van der Waals surface area (Å²) in [5, 5.41) is 3.62. The van der Waals surface area contributed by atoms with Crippen LogP contribution < -0.4 is 10.0 Å². The van der Waals surface area contributed by atoms with Crippen LogP contribution >= 0.6 is 0 Å². The van der Waals surface area contributed by atoms with E-state index in [0.29, 0.717) is 11.6 Å². The second-order valence-electron chi connectivity index (χ2n) is 7.87. The molecule has 6 nitrogen and oxygen atoms in total. The van der Waals surface area contributed by atoms with Crippen LogP contribution in [0.5, 0.6) is 0 Å². The van der Waals surface area contributed by atoms with Crippen LogP contribution in [0.3, 0.4) is 0 Å². The van der Waals surface area contributed by atoms with Gasteiger partial charge in [0.05, 0.1) is 4.90 Å². The van der Waals surface area contributed by atoms with Crippen LogP contribution in [0.25, 0.3) is 0 Å². The summed E-state index contributed by atoms with van der Waals surface area (Å²) in [7, 11) is -3.54.